The summed E-state index contributed by atoms with van der Waals surface area (Å²) in [6.07, 6.45) is 7.69. The molecule has 7 nitrogen and oxygen atoms in total. The van der Waals surface area contributed by atoms with Gasteiger partial charge in [0.05, 0.1) is 17.0 Å². The van der Waals surface area contributed by atoms with Crippen molar-refractivity contribution in [1.29, 1.82) is 0 Å². The molecule has 6 N–H and O–H groups in total. The largest absolute Gasteiger partial charge is 0.365 e. The molecule has 2 aliphatic rings. The topological polar surface area (TPSA) is 119 Å². The lowest BCUT2D eigenvalue weighted by Gasteiger charge is -2.30. The molecule has 2 aliphatic carbocycles. The molecule has 2 heterocycles. The number of carbonyl (C=O) groups is 1. The summed E-state index contributed by atoms with van der Waals surface area (Å²) in [6.45, 7) is 4.12. The van der Waals surface area contributed by atoms with Gasteiger partial charge in [0, 0.05) is 24.2 Å². The van der Waals surface area contributed by atoms with Gasteiger partial charge < -0.3 is 22.1 Å². The van der Waals surface area contributed by atoms with Crippen LogP contribution in [0.25, 0.3) is 11.6 Å². The lowest BCUT2D eigenvalue weighted by molar-refractivity contribution is 0.100. The van der Waals surface area contributed by atoms with Crippen molar-refractivity contribution in [2.45, 2.75) is 57.7 Å². The molecule has 1 fully saturated rings. The Morgan fingerprint density at radius 2 is 2.00 bits per heavy atom. The molecule has 2 aromatic rings. The number of halogens is 1. The van der Waals surface area contributed by atoms with Crippen molar-refractivity contribution in [3.63, 3.8) is 0 Å². The highest BCUT2D eigenvalue weighted by Crippen LogP contribution is 2.27. The van der Waals surface area contributed by atoms with Crippen LogP contribution >= 0.6 is 0 Å². The number of carbonyl (C=O) groups excluding carboxylic acids is 1. The van der Waals surface area contributed by atoms with Gasteiger partial charge in [-0.3, -0.25) is 9.78 Å². The molecule has 4 rings (SSSR count). The Bertz CT molecular complexity index is 1120. The number of fused-ring (bicyclic) bond motifs is 1. The maximum Gasteiger partial charge on any atom is 0.252 e. The monoisotopic (exact) mass is 424 g/mol. The van der Waals surface area contributed by atoms with Gasteiger partial charge in [0.25, 0.3) is 5.91 Å². The maximum atomic E-state index is 14.8. The molecule has 3 unspecified atom stereocenters. The van der Waals surface area contributed by atoms with Crippen molar-refractivity contribution in [2.24, 2.45) is 17.4 Å². The van der Waals surface area contributed by atoms with Crippen LogP contribution in [0.4, 0.5) is 16.0 Å². The first-order chi connectivity index (χ1) is 14.8. The molecule has 1 amide bonds. The Morgan fingerprint density at radius 1 is 1.23 bits per heavy atom. The second-order valence-corrected chi connectivity index (χ2v) is 8.53. The van der Waals surface area contributed by atoms with Gasteiger partial charge in [-0.2, -0.15) is 0 Å². The standard InChI is InChI=1S/C23H29FN6O/c1-12-13(2)20-14(6-5-9-27-20)10-19(12)29-22-15(21(26)31)11-16(24)23(30-22)28-18-8-4-3-7-17(18)25/h5-6,9-12,17-19H,3-4,7-8,25H2,1-2H3,(H2,26,31)(H2,28,29,30)/t12?,17-,18?,19?/m0/s1. The van der Waals surface area contributed by atoms with Gasteiger partial charge in [0.15, 0.2) is 11.6 Å². The average Bonchev–Trinajstić information content (AvgIpc) is 2.75. The Hall–Kier alpha value is -3.00. The molecule has 0 aliphatic heterocycles. The second-order valence-electron chi connectivity index (χ2n) is 8.53. The van der Waals surface area contributed by atoms with Crippen LogP contribution < -0.4 is 32.7 Å². The van der Waals surface area contributed by atoms with Crippen LogP contribution in [0.3, 0.4) is 0 Å². The van der Waals surface area contributed by atoms with Crippen LogP contribution in [0, 0.1) is 11.7 Å². The first kappa shape index (κ1) is 21.2. The molecule has 4 atom stereocenters. The molecule has 164 valence electrons. The van der Waals surface area contributed by atoms with E-state index in [9.17, 15) is 9.18 Å². The van der Waals surface area contributed by atoms with E-state index in [2.05, 4.69) is 33.6 Å². The number of primary amides is 1. The number of rotatable bonds is 5. The fourth-order valence-corrected chi connectivity index (χ4v) is 4.43. The minimum atomic E-state index is -0.735. The lowest BCUT2D eigenvalue weighted by atomic mass is 9.89. The summed E-state index contributed by atoms with van der Waals surface area (Å²) in [5.74, 6) is -0.913. The van der Waals surface area contributed by atoms with Crippen molar-refractivity contribution >= 4 is 29.2 Å². The van der Waals surface area contributed by atoms with E-state index in [1.807, 2.05) is 19.1 Å². The minimum Gasteiger partial charge on any atom is -0.365 e. The number of aromatic nitrogens is 2. The van der Waals surface area contributed by atoms with E-state index in [-0.39, 0.29) is 41.2 Å². The van der Waals surface area contributed by atoms with Crippen molar-refractivity contribution in [3.8, 4) is 0 Å². The number of hydrogen-bond acceptors (Lipinski definition) is 6. The molecule has 2 aromatic heterocycles. The predicted molar refractivity (Wildman–Crippen MR) is 120 cm³/mol. The third-order valence-corrected chi connectivity index (χ3v) is 6.48. The molecular weight excluding hydrogens is 395 g/mol. The Balaban J connectivity index is 1.68. The molecular formula is C23H29FN6O. The third-order valence-electron chi connectivity index (χ3n) is 6.48. The summed E-state index contributed by atoms with van der Waals surface area (Å²) in [4.78, 5) is 20.9. The van der Waals surface area contributed by atoms with E-state index < -0.39 is 11.7 Å². The number of nitrogens with two attached hydrogens (primary N) is 2. The van der Waals surface area contributed by atoms with Crippen LogP contribution in [0.15, 0.2) is 24.4 Å². The predicted octanol–water partition coefficient (Wildman–Crippen LogP) is 1.48. The van der Waals surface area contributed by atoms with Gasteiger partial charge in [0.2, 0.25) is 0 Å². The number of amides is 1. The van der Waals surface area contributed by atoms with E-state index in [4.69, 9.17) is 11.5 Å². The molecule has 0 saturated heterocycles. The molecule has 8 heteroatoms. The van der Waals surface area contributed by atoms with E-state index in [0.29, 0.717) is 0 Å². The summed E-state index contributed by atoms with van der Waals surface area (Å²) in [5, 5.41) is 8.43. The Labute approximate surface area is 180 Å². The van der Waals surface area contributed by atoms with Crippen molar-refractivity contribution in [2.75, 3.05) is 10.6 Å². The highest BCUT2D eigenvalue weighted by molar-refractivity contribution is 5.98. The van der Waals surface area contributed by atoms with Gasteiger partial charge in [-0.15, -0.1) is 0 Å². The van der Waals surface area contributed by atoms with Gasteiger partial charge in [0.1, 0.15) is 5.82 Å². The second kappa shape index (κ2) is 8.63. The van der Waals surface area contributed by atoms with E-state index >= 15 is 0 Å². The maximum absolute atomic E-state index is 14.8. The SMILES string of the molecule is CC1=c2ncccc2=CC(Nc2nc(NC3CCCC[C@@H]3N)c(F)cc2C(N)=O)C1C. The van der Waals surface area contributed by atoms with Gasteiger partial charge in [-0.05, 0) is 42.7 Å². The normalized spacial score (nSPS) is 25.4. The van der Waals surface area contributed by atoms with Crippen LogP contribution in [0.2, 0.25) is 0 Å². The highest BCUT2D eigenvalue weighted by atomic mass is 19.1. The summed E-state index contributed by atoms with van der Waals surface area (Å²) in [6, 6.07) is 4.75. The summed E-state index contributed by atoms with van der Waals surface area (Å²) < 4.78 is 14.8. The Kier molecular flexibility index (Phi) is 5.91. The van der Waals surface area contributed by atoms with Gasteiger partial charge >= 0.3 is 0 Å². The molecule has 1 saturated carbocycles. The van der Waals surface area contributed by atoms with Crippen LogP contribution in [-0.2, 0) is 0 Å². The molecule has 31 heavy (non-hydrogen) atoms. The molecule has 0 radical (unpaired) electrons. The lowest BCUT2D eigenvalue weighted by Crippen LogP contribution is -2.43. The van der Waals surface area contributed by atoms with Crippen LogP contribution in [0.1, 0.15) is 49.9 Å². The van der Waals surface area contributed by atoms with E-state index in [1.54, 1.807) is 6.20 Å². The molecule has 0 aromatic carbocycles. The highest BCUT2D eigenvalue weighted by Gasteiger charge is 2.27. The number of hydrogen-bond donors (Lipinski definition) is 4. The van der Waals surface area contributed by atoms with Gasteiger partial charge in [-0.1, -0.05) is 31.9 Å². The van der Waals surface area contributed by atoms with E-state index in [1.165, 1.54) is 0 Å². The molecule has 0 bridgehead atoms. The summed E-state index contributed by atoms with van der Waals surface area (Å²) >= 11 is 0. The quantitative estimate of drug-likeness (QED) is 0.577. The van der Waals surface area contributed by atoms with Gasteiger partial charge in [-0.25, -0.2) is 9.37 Å². The van der Waals surface area contributed by atoms with Crippen molar-refractivity contribution in [3.05, 3.63) is 46.3 Å². The first-order valence-corrected chi connectivity index (χ1v) is 10.8. The zero-order chi connectivity index (χ0) is 22.1. The number of nitrogens with zero attached hydrogens (tertiary/aromatic N) is 2. The number of pyridine rings is 2. The third kappa shape index (κ3) is 4.25. The fourth-order valence-electron chi connectivity index (χ4n) is 4.43. The van der Waals surface area contributed by atoms with E-state index in [0.717, 1.165) is 47.9 Å². The Morgan fingerprint density at radius 3 is 2.74 bits per heavy atom. The van der Waals surface area contributed by atoms with Crippen LogP contribution in [-0.4, -0.2) is 34.0 Å². The smallest absolute Gasteiger partial charge is 0.252 e. The average molecular weight is 425 g/mol. The minimum absolute atomic E-state index is 0.0197. The van der Waals surface area contributed by atoms with Crippen molar-refractivity contribution in [1.82, 2.24) is 9.97 Å². The zero-order valence-corrected chi connectivity index (χ0v) is 17.9. The summed E-state index contributed by atoms with van der Waals surface area (Å²) in [5.41, 5.74) is 12.9. The van der Waals surface area contributed by atoms with Crippen molar-refractivity contribution < 1.29 is 9.18 Å². The zero-order valence-electron chi connectivity index (χ0n) is 17.9. The fraction of sp³-hybridized carbons (Fsp3) is 0.435. The number of anilines is 2. The number of nitrogens with one attached hydrogen (secondary N) is 2. The first-order valence-electron chi connectivity index (χ1n) is 10.8. The summed E-state index contributed by atoms with van der Waals surface area (Å²) in [7, 11) is 0. The van der Waals surface area contributed by atoms with Crippen LogP contribution in [0.5, 0.6) is 0 Å². The molecule has 0 spiro atoms.